The Morgan fingerprint density at radius 3 is 2.78 bits per heavy atom. The summed E-state index contributed by atoms with van der Waals surface area (Å²) in [5, 5.41) is 2.74. The molecular weight excluding hydrogens is 218 g/mol. The molecule has 0 aromatic heterocycles. The molecule has 1 heteroatoms. The van der Waals surface area contributed by atoms with Crippen molar-refractivity contribution in [1.29, 1.82) is 0 Å². The van der Waals surface area contributed by atoms with E-state index in [1.807, 2.05) is 0 Å². The number of allylic oxidation sites excluding steroid dienone is 1. The van der Waals surface area contributed by atoms with Gasteiger partial charge in [-0.3, -0.25) is 0 Å². The topological polar surface area (TPSA) is 3.24 Å². The SMILES string of the molecule is CC1(C)C2=CCCN2c2c1ccc1ccccc21. The Morgan fingerprint density at radius 2 is 1.89 bits per heavy atom. The molecule has 2 aromatic rings. The molecule has 0 N–H and O–H groups in total. The van der Waals surface area contributed by atoms with Gasteiger partial charge in [-0.15, -0.1) is 0 Å². The maximum Gasteiger partial charge on any atom is 0.0530 e. The second-order valence-electron chi connectivity index (χ2n) is 5.84. The van der Waals surface area contributed by atoms with E-state index in [-0.39, 0.29) is 5.41 Å². The quantitative estimate of drug-likeness (QED) is 0.660. The van der Waals surface area contributed by atoms with Crippen LogP contribution in [0.5, 0.6) is 0 Å². The van der Waals surface area contributed by atoms with Crippen molar-refractivity contribution >= 4 is 16.5 Å². The lowest BCUT2D eigenvalue weighted by Crippen LogP contribution is -2.22. The van der Waals surface area contributed by atoms with Crippen LogP contribution in [0.2, 0.25) is 0 Å². The Balaban J connectivity index is 2.13. The molecule has 0 radical (unpaired) electrons. The maximum atomic E-state index is 2.53. The summed E-state index contributed by atoms with van der Waals surface area (Å²) in [6.45, 7) is 5.83. The van der Waals surface area contributed by atoms with Crippen molar-refractivity contribution in [3.8, 4) is 0 Å². The zero-order valence-corrected chi connectivity index (χ0v) is 10.9. The number of hydrogen-bond acceptors (Lipinski definition) is 1. The molecule has 1 nitrogen and oxygen atoms in total. The fourth-order valence-electron chi connectivity index (χ4n) is 3.57. The summed E-state index contributed by atoms with van der Waals surface area (Å²) in [4.78, 5) is 2.53. The highest BCUT2D eigenvalue weighted by atomic mass is 15.2. The summed E-state index contributed by atoms with van der Waals surface area (Å²) in [5.41, 5.74) is 4.58. The highest BCUT2D eigenvalue weighted by Gasteiger charge is 2.42. The maximum absolute atomic E-state index is 2.53. The number of hydrogen-bond donors (Lipinski definition) is 0. The number of rotatable bonds is 0. The first-order valence-corrected chi connectivity index (χ1v) is 6.70. The molecule has 0 saturated carbocycles. The van der Waals surface area contributed by atoms with Crippen molar-refractivity contribution in [2.75, 3.05) is 11.4 Å². The second kappa shape index (κ2) is 3.17. The predicted molar refractivity (Wildman–Crippen MR) is 77.0 cm³/mol. The average Bonchev–Trinajstić information content (AvgIpc) is 2.93. The number of anilines is 1. The van der Waals surface area contributed by atoms with Crippen LogP contribution in [0.1, 0.15) is 25.8 Å². The minimum absolute atomic E-state index is 0.163. The van der Waals surface area contributed by atoms with Gasteiger partial charge in [0.25, 0.3) is 0 Å². The third-order valence-electron chi connectivity index (χ3n) is 4.47. The van der Waals surface area contributed by atoms with Crippen LogP contribution >= 0.6 is 0 Å². The minimum Gasteiger partial charge on any atom is -0.343 e. The zero-order valence-electron chi connectivity index (χ0n) is 10.9. The molecule has 4 rings (SSSR count). The highest BCUT2D eigenvalue weighted by molar-refractivity contribution is 5.99. The van der Waals surface area contributed by atoms with Gasteiger partial charge in [0.05, 0.1) is 5.69 Å². The second-order valence-corrected chi connectivity index (χ2v) is 5.84. The molecule has 2 heterocycles. The summed E-state index contributed by atoms with van der Waals surface area (Å²) >= 11 is 0. The molecule has 0 spiro atoms. The van der Waals surface area contributed by atoms with Crippen LogP contribution in [0.25, 0.3) is 10.8 Å². The Bertz CT molecular complexity index is 679. The van der Waals surface area contributed by atoms with E-state index in [0.29, 0.717) is 0 Å². The molecule has 2 aliphatic heterocycles. The number of fused-ring (bicyclic) bond motifs is 5. The first-order valence-electron chi connectivity index (χ1n) is 6.70. The van der Waals surface area contributed by atoms with Gasteiger partial charge in [0, 0.05) is 23.0 Å². The van der Waals surface area contributed by atoms with Gasteiger partial charge in [-0.2, -0.15) is 0 Å². The van der Waals surface area contributed by atoms with Crippen molar-refractivity contribution in [2.45, 2.75) is 25.7 Å². The third-order valence-corrected chi connectivity index (χ3v) is 4.47. The standard InChI is InChI=1S/C17H17N/c1-17(2)14-10-9-12-6-3-4-7-13(12)16(14)18-11-5-8-15(17)18/h3-4,6-10H,5,11H2,1-2H3. The predicted octanol–water partition coefficient (Wildman–Crippen LogP) is 4.23. The van der Waals surface area contributed by atoms with Crippen LogP contribution in [0.3, 0.4) is 0 Å². The van der Waals surface area contributed by atoms with E-state index in [2.05, 4.69) is 61.2 Å². The van der Waals surface area contributed by atoms with E-state index in [9.17, 15) is 0 Å². The fraction of sp³-hybridized carbons (Fsp3) is 0.294. The van der Waals surface area contributed by atoms with E-state index in [1.165, 1.54) is 34.1 Å². The van der Waals surface area contributed by atoms with E-state index >= 15 is 0 Å². The van der Waals surface area contributed by atoms with Crippen molar-refractivity contribution in [1.82, 2.24) is 0 Å². The lowest BCUT2D eigenvalue weighted by Gasteiger charge is -2.22. The van der Waals surface area contributed by atoms with Crippen molar-refractivity contribution in [3.63, 3.8) is 0 Å². The zero-order chi connectivity index (χ0) is 12.3. The minimum atomic E-state index is 0.163. The Hall–Kier alpha value is -1.76. The molecule has 0 unspecified atom stereocenters. The van der Waals surface area contributed by atoms with Gasteiger partial charge >= 0.3 is 0 Å². The van der Waals surface area contributed by atoms with Crippen LogP contribution in [0.15, 0.2) is 48.2 Å². The monoisotopic (exact) mass is 235 g/mol. The molecule has 0 saturated heterocycles. The lowest BCUT2D eigenvalue weighted by atomic mass is 9.83. The average molecular weight is 235 g/mol. The van der Waals surface area contributed by atoms with Gasteiger partial charge in [-0.05, 0) is 17.4 Å². The molecule has 2 aliphatic rings. The highest BCUT2D eigenvalue weighted by Crippen LogP contribution is 2.52. The molecule has 0 fully saturated rings. The first-order chi connectivity index (χ1) is 8.69. The van der Waals surface area contributed by atoms with Gasteiger partial charge in [-0.25, -0.2) is 0 Å². The van der Waals surface area contributed by atoms with E-state index in [4.69, 9.17) is 0 Å². The Morgan fingerprint density at radius 1 is 1.06 bits per heavy atom. The van der Waals surface area contributed by atoms with Crippen LogP contribution < -0.4 is 4.90 Å². The molecule has 0 atom stereocenters. The van der Waals surface area contributed by atoms with Crippen LogP contribution in [0.4, 0.5) is 5.69 Å². The molecular formula is C17H17N. The molecule has 0 amide bonds. The van der Waals surface area contributed by atoms with Crippen LogP contribution in [-0.4, -0.2) is 6.54 Å². The number of benzene rings is 2. The van der Waals surface area contributed by atoms with E-state index in [1.54, 1.807) is 0 Å². The lowest BCUT2D eigenvalue weighted by molar-refractivity contribution is 0.643. The summed E-state index contributed by atoms with van der Waals surface area (Å²) in [7, 11) is 0. The van der Waals surface area contributed by atoms with Gasteiger partial charge in [0.15, 0.2) is 0 Å². The summed E-state index contributed by atoms with van der Waals surface area (Å²) in [5.74, 6) is 0. The summed E-state index contributed by atoms with van der Waals surface area (Å²) in [6, 6.07) is 13.3. The molecule has 90 valence electrons. The third kappa shape index (κ3) is 1.07. The summed E-state index contributed by atoms with van der Waals surface area (Å²) < 4.78 is 0. The molecule has 2 aromatic carbocycles. The largest absolute Gasteiger partial charge is 0.343 e. The normalized spacial score (nSPS) is 19.9. The smallest absolute Gasteiger partial charge is 0.0530 e. The van der Waals surface area contributed by atoms with Gasteiger partial charge in [0.1, 0.15) is 0 Å². The summed E-state index contributed by atoms with van der Waals surface area (Å²) in [6.07, 6.45) is 3.59. The fourth-order valence-corrected chi connectivity index (χ4v) is 3.57. The van der Waals surface area contributed by atoms with E-state index in [0.717, 1.165) is 6.54 Å². The van der Waals surface area contributed by atoms with Crippen molar-refractivity contribution < 1.29 is 0 Å². The Kier molecular flexibility index (Phi) is 1.79. The Labute approximate surface area is 108 Å². The van der Waals surface area contributed by atoms with Crippen LogP contribution in [0, 0.1) is 0 Å². The molecule has 0 aliphatic carbocycles. The number of nitrogens with zero attached hydrogens (tertiary/aromatic N) is 1. The van der Waals surface area contributed by atoms with Crippen LogP contribution in [-0.2, 0) is 5.41 Å². The van der Waals surface area contributed by atoms with Crippen molar-refractivity contribution in [3.05, 3.63) is 53.7 Å². The van der Waals surface area contributed by atoms with Gasteiger partial charge in [0.2, 0.25) is 0 Å². The van der Waals surface area contributed by atoms with Gasteiger partial charge in [-0.1, -0.05) is 56.3 Å². The van der Waals surface area contributed by atoms with Gasteiger partial charge < -0.3 is 4.90 Å². The van der Waals surface area contributed by atoms with E-state index < -0.39 is 0 Å². The first kappa shape index (κ1) is 10.2. The molecule has 18 heavy (non-hydrogen) atoms. The molecule has 0 bridgehead atoms. The van der Waals surface area contributed by atoms with Crippen molar-refractivity contribution in [2.24, 2.45) is 0 Å².